The molecule has 4 nitrogen and oxygen atoms in total. The van der Waals surface area contributed by atoms with Gasteiger partial charge in [-0.3, -0.25) is 4.79 Å². The first-order chi connectivity index (χ1) is 6.70. The highest BCUT2D eigenvalue weighted by Gasteiger charge is 2.01. The molecule has 0 rings (SSSR count). The molecule has 0 saturated carbocycles. The lowest BCUT2D eigenvalue weighted by atomic mass is 10.2. The summed E-state index contributed by atoms with van der Waals surface area (Å²) in [6, 6.07) is 0.361. The maximum Gasteiger partial charge on any atom is 0.219 e. The van der Waals surface area contributed by atoms with Crippen molar-refractivity contribution in [2.24, 2.45) is 0 Å². The van der Waals surface area contributed by atoms with Gasteiger partial charge in [0.1, 0.15) is 0 Å². The average molecular weight is 202 g/mol. The zero-order valence-electron chi connectivity index (χ0n) is 9.43. The summed E-state index contributed by atoms with van der Waals surface area (Å²) in [5, 5.41) is 5.89. The number of hydrogen-bond donors (Lipinski definition) is 2. The predicted molar refractivity (Wildman–Crippen MR) is 57.3 cm³/mol. The van der Waals surface area contributed by atoms with Crippen LogP contribution < -0.4 is 10.6 Å². The molecule has 84 valence electrons. The molecular weight excluding hydrogens is 180 g/mol. The third-order valence-corrected chi connectivity index (χ3v) is 1.92. The van der Waals surface area contributed by atoms with Crippen LogP contribution in [0.25, 0.3) is 0 Å². The summed E-state index contributed by atoms with van der Waals surface area (Å²) >= 11 is 0. The zero-order chi connectivity index (χ0) is 10.8. The van der Waals surface area contributed by atoms with Crippen molar-refractivity contribution in [3.05, 3.63) is 0 Å². The van der Waals surface area contributed by atoms with Gasteiger partial charge in [0.2, 0.25) is 5.91 Å². The molecular formula is C10H22N2O2. The number of carbonyl (C=O) groups excluding carboxylic acids is 1. The molecule has 0 aromatic heterocycles. The van der Waals surface area contributed by atoms with E-state index in [9.17, 15) is 4.79 Å². The van der Waals surface area contributed by atoms with Gasteiger partial charge >= 0.3 is 0 Å². The normalized spacial score (nSPS) is 12.5. The van der Waals surface area contributed by atoms with Gasteiger partial charge in [0.05, 0.1) is 6.61 Å². The molecule has 4 heteroatoms. The zero-order valence-corrected chi connectivity index (χ0v) is 9.43. The molecule has 0 radical (unpaired) electrons. The van der Waals surface area contributed by atoms with Crippen molar-refractivity contribution >= 4 is 5.91 Å². The Morgan fingerprint density at radius 1 is 1.50 bits per heavy atom. The van der Waals surface area contributed by atoms with Crippen molar-refractivity contribution in [2.75, 3.05) is 26.8 Å². The van der Waals surface area contributed by atoms with Gasteiger partial charge in [-0.25, -0.2) is 0 Å². The monoisotopic (exact) mass is 202 g/mol. The highest BCUT2D eigenvalue weighted by Crippen LogP contribution is 1.89. The third kappa shape index (κ3) is 8.01. The van der Waals surface area contributed by atoms with Gasteiger partial charge in [0.15, 0.2) is 0 Å². The van der Waals surface area contributed by atoms with Crippen molar-refractivity contribution < 1.29 is 9.53 Å². The largest absolute Gasteiger partial charge is 0.380 e. The molecule has 0 heterocycles. The van der Waals surface area contributed by atoms with Crippen LogP contribution in [0, 0.1) is 0 Å². The standard InChI is InChI=1S/C10H22N2O2/c1-4-14-8-9(2)12-7-5-6-10(13)11-3/h9,12H,4-8H2,1-3H3,(H,11,13). The number of rotatable bonds is 8. The molecule has 0 aliphatic carbocycles. The Hall–Kier alpha value is -0.610. The molecule has 1 atom stereocenters. The highest BCUT2D eigenvalue weighted by molar-refractivity contribution is 5.75. The van der Waals surface area contributed by atoms with Crippen molar-refractivity contribution in [3.63, 3.8) is 0 Å². The Morgan fingerprint density at radius 2 is 2.21 bits per heavy atom. The molecule has 0 aromatic rings. The summed E-state index contributed by atoms with van der Waals surface area (Å²) in [7, 11) is 1.66. The number of carbonyl (C=O) groups is 1. The van der Waals surface area contributed by atoms with E-state index in [-0.39, 0.29) is 5.91 Å². The van der Waals surface area contributed by atoms with Crippen LogP contribution in [-0.4, -0.2) is 38.8 Å². The minimum atomic E-state index is 0.101. The summed E-state index contributed by atoms with van der Waals surface area (Å²) in [6.45, 7) is 6.41. The molecule has 1 unspecified atom stereocenters. The van der Waals surface area contributed by atoms with Gasteiger partial charge in [-0.05, 0) is 26.8 Å². The Morgan fingerprint density at radius 3 is 2.79 bits per heavy atom. The Balaban J connectivity index is 3.22. The molecule has 0 bridgehead atoms. The van der Waals surface area contributed by atoms with Crippen LogP contribution in [-0.2, 0) is 9.53 Å². The van der Waals surface area contributed by atoms with Crippen LogP contribution >= 0.6 is 0 Å². The summed E-state index contributed by atoms with van der Waals surface area (Å²) in [6.07, 6.45) is 1.46. The molecule has 2 N–H and O–H groups in total. The molecule has 0 aliphatic heterocycles. The molecule has 14 heavy (non-hydrogen) atoms. The number of hydrogen-bond acceptors (Lipinski definition) is 3. The molecule has 1 amide bonds. The molecule has 0 aromatic carbocycles. The van der Waals surface area contributed by atoms with Crippen LogP contribution in [0.1, 0.15) is 26.7 Å². The molecule has 0 aliphatic rings. The predicted octanol–water partition coefficient (Wildman–Crippen LogP) is 0.527. The lowest BCUT2D eigenvalue weighted by Gasteiger charge is -2.12. The van der Waals surface area contributed by atoms with Crippen LogP contribution in [0.15, 0.2) is 0 Å². The first kappa shape index (κ1) is 13.4. The Bertz CT molecular complexity index is 151. The maximum absolute atomic E-state index is 10.9. The van der Waals surface area contributed by atoms with E-state index in [0.29, 0.717) is 12.5 Å². The summed E-state index contributed by atoms with van der Waals surface area (Å²) < 4.78 is 5.25. The van der Waals surface area contributed by atoms with E-state index < -0.39 is 0 Å². The smallest absolute Gasteiger partial charge is 0.219 e. The quantitative estimate of drug-likeness (QED) is 0.564. The first-order valence-electron chi connectivity index (χ1n) is 5.22. The van der Waals surface area contributed by atoms with Crippen molar-refractivity contribution in [3.8, 4) is 0 Å². The van der Waals surface area contributed by atoms with E-state index in [1.807, 2.05) is 6.92 Å². The summed E-state index contributed by atoms with van der Waals surface area (Å²) in [5.74, 6) is 0.101. The lowest BCUT2D eigenvalue weighted by Crippen LogP contribution is -2.32. The second-order valence-electron chi connectivity index (χ2n) is 3.29. The van der Waals surface area contributed by atoms with E-state index in [2.05, 4.69) is 17.6 Å². The second kappa shape index (κ2) is 8.97. The van der Waals surface area contributed by atoms with Gasteiger partial charge in [-0.2, -0.15) is 0 Å². The fraction of sp³-hybridized carbons (Fsp3) is 0.900. The van der Waals surface area contributed by atoms with E-state index in [0.717, 1.165) is 26.2 Å². The van der Waals surface area contributed by atoms with Crippen LogP contribution in [0.2, 0.25) is 0 Å². The number of amides is 1. The Labute approximate surface area is 86.4 Å². The van der Waals surface area contributed by atoms with Crippen LogP contribution in [0.4, 0.5) is 0 Å². The van der Waals surface area contributed by atoms with E-state index in [1.54, 1.807) is 7.05 Å². The van der Waals surface area contributed by atoms with Crippen LogP contribution in [0.3, 0.4) is 0 Å². The van der Waals surface area contributed by atoms with Crippen molar-refractivity contribution in [2.45, 2.75) is 32.7 Å². The van der Waals surface area contributed by atoms with Gasteiger partial charge in [0.25, 0.3) is 0 Å². The first-order valence-corrected chi connectivity index (χ1v) is 5.22. The molecule has 0 saturated heterocycles. The second-order valence-corrected chi connectivity index (χ2v) is 3.29. The van der Waals surface area contributed by atoms with Gasteiger partial charge in [-0.1, -0.05) is 0 Å². The van der Waals surface area contributed by atoms with E-state index >= 15 is 0 Å². The fourth-order valence-corrected chi connectivity index (χ4v) is 1.08. The van der Waals surface area contributed by atoms with Gasteiger partial charge in [0, 0.05) is 26.1 Å². The van der Waals surface area contributed by atoms with Crippen molar-refractivity contribution in [1.82, 2.24) is 10.6 Å². The lowest BCUT2D eigenvalue weighted by molar-refractivity contribution is -0.120. The summed E-state index contributed by atoms with van der Waals surface area (Å²) in [5.41, 5.74) is 0. The van der Waals surface area contributed by atoms with E-state index in [4.69, 9.17) is 4.74 Å². The fourth-order valence-electron chi connectivity index (χ4n) is 1.08. The number of ether oxygens (including phenoxy) is 1. The van der Waals surface area contributed by atoms with Gasteiger partial charge < -0.3 is 15.4 Å². The van der Waals surface area contributed by atoms with Gasteiger partial charge in [-0.15, -0.1) is 0 Å². The maximum atomic E-state index is 10.9. The number of nitrogens with one attached hydrogen (secondary N) is 2. The summed E-state index contributed by atoms with van der Waals surface area (Å²) in [4.78, 5) is 10.9. The Kier molecular flexibility index (Phi) is 8.57. The van der Waals surface area contributed by atoms with E-state index in [1.165, 1.54) is 0 Å². The molecule has 0 fully saturated rings. The average Bonchev–Trinajstić information content (AvgIpc) is 2.21. The third-order valence-electron chi connectivity index (χ3n) is 1.92. The highest BCUT2D eigenvalue weighted by atomic mass is 16.5. The topological polar surface area (TPSA) is 50.4 Å². The minimum Gasteiger partial charge on any atom is -0.380 e. The van der Waals surface area contributed by atoms with Crippen molar-refractivity contribution in [1.29, 1.82) is 0 Å². The minimum absolute atomic E-state index is 0.101. The SMILES string of the molecule is CCOCC(C)NCCCC(=O)NC. The van der Waals surface area contributed by atoms with Crippen LogP contribution in [0.5, 0.6) is 0 Å². The molecule has 0 spiro atoms.